The molecule has 0 radical (unpaired) electrons. The van der Waals surface area contributed by atoms with Gasteiger partial charge in [0.15, 0.2) is 5.16 Å². The smallest absolute Gasteiger partial charge is 0.410 e. The number of thioether (sulfide) groups is 1. The fourth-order valence-corrected chi connectivity index (χ4v) is 6.69. The number of piperazine rings is 1. The fourth-order valence-electron chi connectivity index (χ4n) is 5.93. The van der Waals surface area contributed by atoms with Crippen LogP contribution in [-0.2, 0) is 21.7 Å². The van der Waals surface area contributed by atoms with Crippen molar-refractivity contribution in [3.8, 4) is 17.3 Å². The Morgan fingerprint density at radius 2 is 1.62 bits per heavy atom. The molecule has 2 aromatic heterocycles. The van der Waals surface area contributed by atoms with E-state index in [-0.39, 0.29) is 23.4 Å². The molecule has 5 rings (SSSR count). The number of ether oxygens (including phenoxy) is 1. The van der Waals surface area contributed by atoms with Gasteiger partial charge in [0.25, 0.3) is 0 Å². The Hall–Kier alpha value is -4.41. The van der Waals surface area contributed by atoms with Crippen LogP contribution in [0.2, 0.25) is 0 Å². The molecular weight excluding hydrogens is 627 g/mol. The molecule has 3 aromatic rings. The number of nitrogen functional groups attached to an aromatic ring is 2. The SMILES string of the molecule is CC(C)(C)OC(=O)N1CCC(CN2CCN(C(=O)CCc3cccc(CSc4nc(N)c(C#N)c(-c5ccc(N)cc5)n4)n3)CC2)CC1. The van der Waals surface area contributed by atoms with E-state index in [1.807, 2.05) is 48.8 Å². The zero-order chi connectivity index (χ0) is 34.3. The maximum Gasteiger partial charge on any atom is 0.410 e. The lowest BCUT2D eigenvalue weighted by atomic mass is 9.96. The molecule has 0 unspecified atom stereocenters. The number of likely N-dealkylation sites (tertiary alicyclic amines) is 1. The Balaban J connectivity index is 1.06. The Labute approximate surface area is 286 Å². The summed E-state index contributed by atoms with van der Waals surface area (Å²) in [7, 11) is 0. The predicted octanol–water partition coefficient (Wildman–Crippen LogP) is 4.59. The second-order valence-electron chi connectivity index (χ2n) is 13.3. The zero-order valence-corrected chi connectivity index (χ0v) is 28.8. The molecule has 2 amide bonds. The lowest BCUT2D eigenvalue weighted by molar-refractivity contribution is -0.133. The lowest BCUT2D eigenvalue weighted by Gasteiger charge is -2.39. The molecule has 0 aliphatic carbocycles. The number of pyridine rings is 1. The van der Waals surface area contributed by atoms with E-state index >= 15 is 0 Å². The quantitative estimate of drug-likeness (QED) is 0.185. The number of hydrogen-bond donors (Lipinski definition) is 2. The Morgan fingerprint density at radius 3 is 2.29 bits per heavy atom. The van der Waals surface area contributed by atoms with Gasteiger partial charge in [-0.15, -0.1) is 0 Å². The molecule has 0 bridgehead atoms. The van der Waals surface area contributed by atoms with E-state index in [9.17, 15) is 14.9 Å². The molecule has 0 saturated carbocycles. The van der Waals surface area contributed by atoms with Crippen molar-refractivity contribution in [2.75, 3.05) is 57.3 Å². The molecule has 4 N–H and O–H groups in total. The first-order valence-electron chi connectivity index (χ1n) is 16.5. The topological polar surface area (TPSA) is 168 Å². The zero-order valence-electron chi connectivity index (χ0n) is 28.0. The van der Waals surface area contributed by atoms with E-state index in [4.69, 9.17) is 21.2 Å². The minimum atomic E-state index is -0.477. The average molecular weight is 672 g/mol. The maximum absolute atomic E-state index is 13.1. The van der Waals surface area contributed by atoms with Gasteiger partial charge >= 0.3 is 6.09 Å². The first kappa shape index (κ1) is 34.9. The van der Waals surface area contributed by atoms with E-state index in [2.05, 4.69) is 20.9 Å². The third-order valence-electron chi connectivity index (χ3n) is 8.53. The van der Waals surface area contributed by atoms with E-state index in [0.717, 1.165) is 75.6 Å². The highest BCUT2D eigenvalue weighted by atomic mass is 32.2. The van der Waals surface area contributed by atoms with Gasteiger partial charge < -0.3 is 26.0 Å². The van der Waals surface area contributed by atoms with Gasteiger partial charge in [-0.05, 0) is 70.2 Å². The van der Waals surface area contributed by atoms with Crippen LogP contribution in [0, 0.1) is 17.2 Å². The summed E-state index contributed by atoms with van der Waals surface area (Å²) in [6.07, 6.45) is 2.70. The number of carbonyl (C=O) groups excluding carboxylic acids is 2. The van der Waals surface area contributed by atoms with Gasteiger partial charge in [-0.1, -0.05) is 30.0 Å². The maximum atomic E-state index is 13.1. The molecule has 13 heteroatoms. The number of aryl methyl sites for hydroxylation is 1. The molecule has 254 valence electrons. The standard InChI is InChI=1S/C35H45N9O3S/c1-35(2,3)47-34(46)44-15-13-24(14-16-44)22-42-17-19-43(20-18-42)30(45)12-11-27-5-4-6-28(39-27)23-48-33-40-31(29(21-36)32(38)41-33)25-7-9-26(37)10-8-25/h4-10,24H,11-20,22-23,37H2,1-3H3,(H2,38,40,41). The molecular formula is C35H45N9O3S. The highest BCUT2D eigenvalue weighted by Gasteiger charge is 2.29. The molecule has 4 heterocycles. The van der Waals surface area contributed by atoms with E-state index in [0.29, 0.717) is 41.1 Å². The number of nitriles is 1. The summed E-state index contributed by atoms with van der Waals surface area (Å²) < 4.78 is 5.52. The van der Waals surface area contributed by atoms with Gasteiger partial charge in [0, 0.05) is 74.9 Å². The van der Waals surface area contributed by atoms with E-state index in [1.54, 1.807) is 24.3 Å². The van der Waals surface area contributed by atoms with Gasteiger partial charge in [-0.2, -0.15) is 5.26 Å². The highest BCUT2D eigenvalue weighted by Crippen LogP contribution is 2.29. The molecule has 0 spiro atoms. The van der Waals surface area contributed by atoms with E-state index in [1.165, 1.54) is 11.8 Å². The molecule has 0 atom stereocenters. The average Bonchev–Trinajstić information content (AvgIpc) is 3.06. The summed E-state index contributed by atoms with van der Waals surface area (Å²) in [6, 6.07) is 15.1. The van der Waals surface area contributed by atoms with Crippen molar-refractivity contribution in [3.05, 3.63) is 59.4 Å². The lowest BCUT2D eigenvalue weighted by Crippen LogP contribution is -2.51. The van der Waals surface area contributed by atoms with Crippen LogP contribution in [0.3, 0.4) is 0 Å². The Bertz CT molecular complexity index is 1620. The fraction of sp³-hybridized carbons (Fsp3) is 0.486. The van der Waals surface area contributed by atoms with Gasteiger partial charge in [-0.25, -0.2) is 14.8 Å². The van der Waals surface area contributed by atoms with Crippen LogP contribution in [0.15, 0.2) is 47.6 Å². The van der Waals surface area contributed by atoms with Gasteiger partial charge in [0.1, 0.15) is 23.1 Å². The molecule has 1 aromatic carbocycles. The number of aromatic nitrogens is 3. The van der Waals surface area contributed by atoms with Crippen LogP contribution in [0.1, 0.15) is 57.0 Å². The van der Waals surface area contributed by atoms with Crippen molar-refractivity contribution in [3.63, 3.8) is 0 Å². The van der Waals surface area contributed by atoms with Gasteiger partial charge in [0.2, 0.25) is 5.91 Å². The van der Waals surface area contributed by atoms with Crippen molar-refractivity contribution >= 4 is 35.3 Å². The highest BCUT2D eigenvalue weighted by molar-refractivity contribution is 7.98. The molecule has 2 fully saturated rings. The van der Waals surface area contributed by atoms with Crippen molar-refractivity contribution in [1.29, 1.82) is 5.26 Å². The van der Waals surface area contributed by atoms with E-state index < -0.39 is 5.60 Å². The number of hydrogen-bond acceptors (Lipinski definition) is 11. The van der Waals surface area contributed by atoms with Crippen molar-refractivity contribution in [2.24, 2.45) is 5.92 Å². The van der Waals surface area contributed by atoms with Crippen molar-refractivity contribution in [2.45, 2.75) is 63.0 Å². The van der Waals surface area contributed by atoms with Crippen molar-refractivity contribution < 1.29 is 14.3 Å². The second kappa shape index (κ2) is 15.7. The predicted molar refractivity (Wildman–Crippen MR) is 187 cm³/mol. The summed E-state index contributed by atoms with van der Waals surface area (Å²) in [4.78, 5) is 45.4. The normalized spacial score (nSPS) is 16.0. The molecule has 12 nitrogen and oxygen atoms in total. The summed E-state index contributed by atoms with van der Waals surface area (Å²) in [5.41, 5.74) is 15.2. The molecule has 48 heavy (non-hydrogen) atoms. The summed E-state index contributed by atoms with van der Waals surface area (Å²) in [6.45, 7) is 11.3. The van der Waals surface area contributed by atoms with Gasteiger partial charge in [-0.3, -0.25) is 14.7 Å². The largest absolute Gasteiger partial charge is 0.444 e. The number of rotatable bonds is 9. The molecule has 2 aliphatic heterocycles. The van der Waals surface area contributed by atoms with Crippen LogP contribution in [0.5, 0.6) is 0 Å². The monoisotopic (exact) mass is 671 g/mol. The van der Waals surface area contributed by atoms with Crippen LogP contribution in [0.4, 0.5) is 16.3 Å². The number of piperidine rings is 1. The summed E-state index contributed by atoms with van der Waals surface area (Å²) in [5.74, 6) is 1.34. The first-order valence-corrected chi connectivity index (χ1v) is 17.4. The second-order valence-corrected chi connectivity index (χ2v) is 14.3. The number of nitrogens with zero attached hydrogens (tertiary/aromatic N) is 7. The third-order valence-corrected chi connectivity index (χ3v) is 9.41. The Kier molecular flexibility index (Phi) is 11.4. The number of amides is 2. The van der Waals surface area contributed by atoms with Gasteiger partial charge in [0.05, 0.1) is 11.4 Å². The van der Waals surface area contributed by atoms with Crippen molar-refractivity contribution in [1.82, 2.24) is 29.7 Å². The van der Waals surface area contributed by atoms with Crippen LogP contribution in [-0.4, -0.2) is 93.1 Å². The minimum Gasteiger partial charge on any atom is -0.444 e. The summed E-state index contributed by atoms with van der Waals surface area (Å²) >= 11 is 1.39. The summed E-state index contributed by atoms with van der Waals surface area (Å²) in [5, 5.41) is 10.1. The minimum absolute atomic E-state index is 0.128. The van der Waals surface area contributed by atoms with Crippen LogP contribution >= 0.6 is 11.8 Å². The first-order chi connectivity index (χ1) is 23.0. The van der Waals surface area contributed by atoms with Crippen LogP contribution < -0.4 is 11.5 Å². The number of nitrogens with two attached hydrogens (primary N) is 2. The molecule has 2 saturated heterocycles. The van der Waals surface area contributed by atoms with Crippen LogP contribution in [0.25, 0.3) is 11.3 Å². The third kappa shape index (κ3) is 9.58. The number of carbonyl (C=O) groups is 2. The number of benzene rings is 1. The molecule has 2 aliphatic rings. The number of anilines is 2. The Morgan fingerprint density at radius 1 is 0.938 bits per heavy atom.